The Morgan fingerprint density at radius 3 is 2.50 bits per heavy atom. The van der Waals surface area contributed by atoms with Crippen molar-refractivity contribution in [3.63, 3.8) is 0 Å². The summed E-state index contributed by atoms with van der Waals surface area (Å²) in [5.41, 5.74) is -0.844. The zero-order chi connectivity index (χ0) is 17.0. The number of carbonyl (C=O) groups excluding carboxylic acids is 1. The van der Waals surface area contributed by atoms with Crippen LogP contribution in [0, 0.1) is 5.92 Å². The molecule has 24 heavy (non-hydrogen) atoms. The summed E-state index contributed by atoms with van der Waals surface area (Å²) in [5.74, 6) is -0.511. The Morgan fingerprint density at radius 1 is 1.12 bits per heavy atom. The Balaban J connectivity index is 1.82. The summed E-state index contributed by atoms with van der Waals surface area (Å²) in [4.78, 5) is 15.2. The fraction of sp³-hybridized carbons (Fsp3) is 0.650. The van der Waals surface area contributed by atoms with Gasteiger partial charge in [0.15, 0.2) is 5.60 Å². The first kappa shape index (κ1) is 17.4. The molecular weight excluding hydrogens is 302 g/mol. The first-order valence-electron chi connectivity index (χ1n) is 9.28. The Bertz CT molecular complexity index is 541. The zero-order valence-corrected chi connectivity index (χ0v) is 14.6. The summed E-state index contributed by atoms with van der Waals surface area (Å²) in [6, 6.07) is 9.37. The molecule has 2 atom stereocenters. The number of likely N-dealkylation sites (N-methyl/N-ethyl adjacent to an activating group) is 1. The van der Waals surface area contributed by atoms with Gasteiger partial charge in [-0.1, -0.05) is 49.6 Å². The number of hydrogen-bond acceptors (Lipinski definition) is 4. The second-order valence-electron chi connectivity index (χ2n) is 7.40. The van der Waals surface area contributed by atoms with Crippen molar-refractivity contribution in [2.75, 3.05) is 20.1 Å². The summed E-state index contributed by atoms with van der Waals surface area (Å²) in [5, 5.41) is 11.5. The molecule has 0 aromatic heterocycles. The zero-order valence-electron chi connectivity index (χ0n) is 14.6. The van der Waals surface area contributed by atoms with Crippen molar-refractivity contribution >= 4 is 5.97 Å². The molecular formula is C20H29NO3. The summed E-state index contributed by atoms with van der Waals surface area (Å²) in [6.07, 6.45) is 6.88. The van der Waals surface area contributed by atoms with Crippen molar-refractivity contribution in [1.29, 1.82) is 0 Å². The van der Waals surface area contributed by atoms with E-state index in [0.29, 0.717) is 5.56 Å². The molecule has 1 saturated carbocycles. The number of carbonyl (C=O) groups is 1. The van der Waals surface area contributed by atoms with Crippen molar-refractivity contribution in [1.82, 2.24) is 4.90 Å². The molecule has 1 aromatic carbocycles. The largest absolute Gasteiger partial charge is 0.459 e. The number of hydrogen-bond donors (Lipinski definition) is 1. The van der Waals surface area contributed by atoms with Gasteiger partial charge in [0.25, 0.3) is 0 Å². The van der Waals surface area contributed by atoms with Crippen LogP contribution in [0.3, 0.4) is 0 Å². The van der Waals surface area contributed by atoms with Crippen molar-refractivity contribution in [3.05, 3.63) is 35.9 Å². The lowest BCUT2D eigenvalue weighted by Crippen LogP contribution is -2.48. The third-order valence-electron chi connectivity index (χ3n) is 5.58. The Kier molecular flexibility index (Phi) is 5.57. The maximum atomic E-state index is 13.0. The predicted octanol–water partition coefficient (Wildman–Crippen LogP) is 3.09. The summed E-state index contributed by atoms with van der Waals surface area (Å²) in [6.45, 7) is 1.79. The molecule has 0 amide bonds. The molecule has 4 nitrogen and oxygen atoms in total. The van der Waals surface area contributed by atoms with Gasteiger partial charge in [-0.15, -0.1) is 0 Å². The van der Waals surface area contributed by atoms with E-state index >= 15 is 0 Å². The molecule has 1 heterocycles. The number of benzene rings is 1. The van der Waals surface area contributed by atoms with Crippen molar-refractivity contribution < 1.29 is 14.6 Å². The molecule has 0 bridgehead atoms. The SMILES string of the molecule is CN1CCC[C@@H](OC(=O)C(O)(c2ccccc2)C2CCCCC2)C1. The van der Waals surface area contributed by atoms with Gasteiger partial charge in [0.05, 0.1) is 0 Å². The summed E-state index contributed by atoms with van der Waals surface area (Å²) >= 11 is 0. The number of piperidine rings is 1. The van der Waals surface area contributed by atoms with Gasteiger partial charge < -0.3 is 14.7 Å². The maximum absolute atomic E-state index is 13.0. The van der Waals surface area contributed by atoms with E-state index in [-0.39, 0.29) is 12.0 Å². The first-order valence-corrected chi connectivity index (χ1v) is 9.28. The highest BCUT2D eigenvalue weighted by Crippen LogP contribution is 2.40. The fourth-order valence-electron chi connectivity index (χ4n) is 4.19. The van der Waals surface area contributed by atoms with Crippen LogP contribution in [0.1, 0.15) is 50.5 Å². The molecule has 0 spiro atoms. The van der Waals surface area contributed by atoms with Gasteiger partial charge in [0, 0.05) is 12.5 Å². The molecule has 1 aromatic rings. The molecule has 1 unspecified atom stereocenters. The van der Waals surface area contributed by atoms with Crippen molar-refractivity contribution in [2.24, 2.45) is 5.92 Å². The molecule has 132 valence electrons. The van der Waals surface area contributed by atoms with E-state index in [1.807, 2.05) is 37.4 Å². The molecule has 1 aliphatic carbocycles. The number of ether oxygens (including phenoxy) is 1. The number of rotatable bonds is 4. The van der Waals surface area contributed by atoms with Crippen LogP contribution in [0.5, 0.6) is 0 Å². The third-order valence-corrected chi connectivity index (χ3v) is 5.58. The number of likely N-dealkylation sites (tertiary alicyclic amines) is 1. The van der Waals surface area contributed by atoms with Crippen LogP contribution in [-0.4, -0.2) is 42.2 Å². The van der Waals surface area contributed by atoms with Crippen molar-refractivity contribution in [2.45, 2.75) is 56.7 Å². The average Bonchev–Trinajstić information content (AvgIpc) is 2.62. The van der Waals surface area contributed by atoms with E-state index in [0.717, 1.165) is 51.6 Å². The average molecular weight is 331 g/mol. The van der Waals surface area contributed by atoms with E-state index in [9.17, 15) is 9.90 Å². The van der Waals surface area contributed by atoms with Gasteiger partial charge in [-0.3, -0.25) is 0 Å². The van der Waals surface area contributed by atoms with E-state index in [2.05, 4.69) is 4.90 Å². The minimum absolute atomic E-state index is 0.0533. The van der Waals surface area contributed by atoms with E-state index in [4.69, 9.17) is 4.74 Å². The number of nitrogens with zero attached hydrogens (tertiary/aromatic N) is 1. The molecule has 0 radical (unpaired) electrons. The number of esters is 1. The normalized spacial score (nSPS) is 25.8. The molecule has 1 saturated heterocycles. The van der Waals surface area contributed by atoms with Crippen LogP contribution >= 0.6 is 0 Å². The molecule has 2 aliphatic rings. The second-order valence-corrected chi connectivity index (χ2v) is 7.40. The highest BCUT2D eigenvalue weighted by molar-refractivity contribution is 5.81. The highest BCUT2D eigenvalue weighted by atomic mass is 16.6. The Morgan fingerprint density at radius 2 is 1.83 bits per heavy atom. The Labute approximate surface area is 144 Å². The summed E-state index contributed by atoms with van der Waals surface area (Å²) < 4.78 is 5.80. The summed E-state index contributed by atoms with van der Waals surface area (Å²) in [7, 11) is 2.05. The number of aliphatic hydroxyl groups is 1. The van der Waals surface area contributed by atoms with Crippen LogP contribution < -0.4 is 0 Å². The van der Waals surface area contributed by atoms with Gasteiger partial charge in [0.2, 0.25) is 0 Å². The quantitative estimate of drug-likeness (QED) is 0.862. The smallest absolute Gasteiger partial charge is 0.343 e. The van der Waals surface area contributed by atoms with E-state index in [1.165, 1.54) is 6.42 Å². The van der Waals surface area contributed by atoms with Gasteiger partial charge in [-0.2, -0.15) is 0 Å². The van der Waals surface area contributed by atoms with Gasteiger partial charge in [-0.05, 0) is 44.8 Å². The van der Waals surface area contributed by atoms with Gasteiger partial charge in [0.1, 0.15) is 6.10 Å². The van der Waals surface area contributed by atoms with Gasteiger partial charge >= 0.3 is 5.97 Å². The Hall–Kier alpha value is -1.39. The van der Waals surface area contributed by atoms with Crippen molar-refractivity contribution in [3.8, 4) is 0 Å². The minimum Gasteiger partial charge on any atom is -0.459 e. The third kappa shape index (κ3) is 3.65. The highest BCUT2D eigenvalue weighted by Gasteiger charge is 2.47. The fourth-order valence-corrected chi connectivity index (χ4v) is 4.19. The first-order chi connectivity index (χ1) is 11.6. The lowest BCUT2D eigenvalue weighted by molar-refractivity contribution is -0.183. The van der Waals surface area contributed by atoms with E-state index < -0.39 is 11.6 Å². The van der Waals surface area contributed by atoms with Crippen LogP contribution in [-0.2, 0) is 15.1 Å². The van der Waals surface area contributed by atoms with Crippen LogP contribution in [0.4, 0.5) is 0 Å². The van der Waals surface area contributed by atoms with Crippen LogP contribution in [0.25, 0.3) is 0 Å². The minimum atomic E-state index is -1.52. The molecule has 1 N–H and O–H groups in total. The van der Waals surface area contributed by atoms with Crippen LogP contribution in [0.2, 0.25) is 0 Å². The molecule has 3 rings (SSSR count). The maximum Gasteiger partial charge on any atom is 0.343 e. The van der Waals surface area contributed by atoms with E-state index in [1.54, 1.807) is 0 Å². The predicted molar refractivity (Wildman–Crippen MR) is 93.5 cm³/mol. The standard InChI is InChI=1S/C20H29NO3/c1-21-14-8-13-18(15-21)24-19(22)20(23,16-9-4-2-5-10-16)17-11-6-3-7-12-17/h2,4-5,9-10,17-18,23H,3,6-8,11-15H2,1H3/t18-,20?/m1/s1. The second kappa shape index (κ2) is 7.66. The monoisotopic (exact) mass is 331 g/mol. The molecule has 4 heteroatoms. The lowest BCUT2D eigenvalue weighted by Gasteiger charge is -2.38. The molecule has 1 aliphatic heterocycles. The van der Waals surface area contributed by atoms with Gasteiger partial charge in [-0.25, -0.2) is 4.79 Å². The topological polar surface area (TPSA) is 49.8 Å². The lowest BCUT2D eigenvalue weighted by atomic mass is 9.73. The molecule has 2 fully saturated rings. The van der Waals surface area contributed by atoms with Crippen LogP contribution in [0.15, 0.2) is 30.3 Å².